The van der Waals surface area contributed by atoms with Gasteiger partial charge in [-0.25, -0.2) is 18.4 Å². The number of anilines is 1. The Morgan fingerprint density at radius 2 is 1.76 bits per heavy atom. The molecule has 0 radical (unpaired) electrons. The fourth-order valence-corrected chi connectivity index (χ4v) is 5.35. The first kappa shape index (κ1) is 28.0. The van der Waals surface area contributed by atoms with Gasteiger partial charge in [-0.1, -0.05) is 17.7 Å². The minimum atomic E-state index is -4.12. The van der Waals surface area contributed by atoms with E-state index in [1.165, 1.54) is 33.5 Å². The van der Waals surface area contributed by atoms with Gasteiger partial charge in [0.1, 0.15) is 34.4 Å². The SMILES string of the molecule is COc1cccc(OC)c1-n1c(NS(=O)(=O)[C@@H](C)[C@@H](OC(C)C)c2ncc(Cl)cn2)nnc1[C@@H]1CCOC1. The van der Waals surface area contributed by atoms with Gasteiger partial charge in [-0.05, 0) is 39.3 Å². The lowest BCUT2D eigenvalue weighted by Gasteiger charge is -2.25. The number of benzene rings is 1. The molecule has 14 heteroatoms. The van der Waals surface area contributed by atoms with Gasteiger partial charge in [0.15, 0.2) is 5.82 Å². The molecule has 1 aliphatic rings. The van der Waals surface area contributed by atoms with Crippen LogP contribution < -0.4 is 14.2 Å². The molecule has 1 aromatic carbocycles. The summed E-state index contributed by atoms with van der Waals surface area (Å²) in [5.41, 5.74) is 0.464. The van der Waals surface area contributed by atoms with Crippen LogP contribution in [0.1, 0.15) is 50.9 Å². The second-order valence-electron chi connectivity index (χ2n) is 9.01. The minimum Gasteiger partial charge on any atom is -0.494 e. The van der Waals surface area contributed by atoms with Crippen molar-refractivity contribution in [2.45, 2.75) is 50.6 Å². The van der Waals surface area contributed by atoms with E-state index in [1.807, 2.05) is 0 Å². The molecule has 0 unspecified atom stereocenters. The van der Waals surface area contributed by atoms with Crippen molar-refractivity contribution in [1.29, 1.82) is 0 Å². The van der Waals surface area contributed by atoms with E-state index in [9.17, 15) is 8.42 Å². The van der Waals surface area contributed by atoms with Crippen LogP contribution in [0.2, 0.25) is 5.02 Å². The van der Waals surface area contributed by atoms with Crippen molar-refractivity contribution in [3.63, 3.8) is 0 Å². The fourth-order valence-electron chi connectivity index (χ4n) is 4.16. The molecule has 3 aromatic rings. The molecular weight excluding hydrogens is 536 g/mol. The van der Waals surface area contributed by atoms with Gasteiger partial charge >= 0.3 is 0 Å². The Hall–Kier alpha value is -3.00. The molecule has 3 atom stereocenters. The molecule has 0 spiro atoms. The van der Waals surface area contributed by atoms with E-state index >= 15 is 0 Å². The summed E-state index contributed by atoms with van der Waals surface area (Å²) in [6.07, 6.45) is 2.22. The summed E-state index contributed by atoms with van der Waals surface area (Å²) in [4.78, 5) is 8.40. The maximum absolute atomic E-state index is 13.7. The summed E-state index contributed by atoms with van der Waals surface area (Å²) in [5.74, 6) is 1.49. The predicted molar refractivity (Wildman–Crippen MR) is 141 cm³/mol. The number of nitrogens with zero attached hydrogens (tertiary/aromatic N) is 5. The number of hydrogen-bond acceptors (Lipinski definition) is 10. The fraction of sp³-hybridized carbons (Fsp3) is 0.500. The van der Waals surface area contributed by atoms with Crippen molar-refractivity contribution in [3.05, 3.63) is 47.3 Å². The summed E-state index contributed by atoms with van der Waals surface area (Å²) in [6.45, 7) is 6.11. The molecule has 4 rings (SSSR count). The van der Waals surface area contributed by atoms with Crippen LogP contribution in [0.15, 0.2) is 30.6 Å². The van der Waals surface area contributed by atoms with Crippen molar-refractivity contribution >= 4 is 27.6 Å². The van der Waals surface area contributed by atoms with Gasteiger partial charge in [0.2, 0.25) is 16.0 Å². The Bertz CT molecular complexity index is 1320. The second-order valence-corrected chi connectivity index (χ2v) is 11.5. The first-order valence-corrected chi connectivity index (χ1v) is 14.0. The number of aromatic nitrogens is 5. The predicted octanol–water partition coefficient (Wildman–Crippen LogP) is 3.53. The first-order valence-electron chi connectivity index (χ1n) is 12.0. The Morgan fingerprint density at radius 3 is 2.32 bits per heavy atom. The highest BCUT2D eigenvalue weighted by atomic mass is 35.5. The van der Waals surface area contributed by atoms with Crippen LogP contribution in [0, 0.1) is 0 Å². The number of halogens is 1. The smallest absolute Gasteiger partial charge is 0.243 e. The third-order valence-corrected chi connectivity index (χ3v) is 7.96. The van der Waals surface area contributed by atoms with E-state index in [0.717, 1.165) is 0 Å². The molecule has 38 heavy (non-hydrogen) atoms. The van der Waals surface area contributed by atoms with Gasteiger partial charge in [-0.3, -0.25) is 9.29 Å². The summed E-state index contributed by atoms with van der Waals surface area (Å²) in [5, 5.41) is 7.79. The summed E-state index contributed by atoms with van der Waals surface area (Å²) < 4.78 is 54.4. The molecule has 0 bridgehead atoms. The van der Waals surface area contributed by atoms with Gasteiger partial charge in [-0.15, -0.1) is 10.2 Å². The zero-order valence-electron chi connectivity index (χ0n) is 21.8. The Labute approximate surface area is 226 Å². The van der Waals surface area contributed by atoms with Gasteiger partial charge < -0.3 is 18.9 Å². The quantitative estimate of drug-likeness (QED) is 0.366. The van der Waals surface area contributed by atoms with E-state index < -0.39 is 21.4 Å². The van der Waals surface area contributed by atoms with Crippen LogP contribution in [-0.4, -0.2) is 71.9 Å². The minimum absolute atomic E-state index is 0.0260. The van der Waals surface area contributed by atoms with Gasteiger partial charge in [0, 0.05) is 24.9 Å². The van der Waals surface area contributed by atoms with Crippen LogP contribution in [-0.2, 0) is 19.5 Å². The molecule has 1 saturated heterocycles. The standard InChI is InChI=1S/C24H31ClN6O6S/c1-14(2)37-21(22-26-11-17(25)12-27-22)15(3)38(32,33)30-24-29-28-23(16-9-10-36-13-16)31(24)20-18(34-4)7-6-8-19(20)35-5/h6-8,11-12,14-16,21H,9-10,13H2,1-5H3,(H,29,30)/t15-,16+,21+/m0/s1. The first-order chi connectivity index (χ1) is 18.2. The average Bonchev–Trinajstić information content (AvgIpc) is 3.56. The van der Waals surface area contributed by atoms with Crippen LogP contribution in [0.25, 0.3) is 5.69 Å². The van der Waals surface area contributed by atoms with Crippen LogP contribution in [0.5, 0.6) is 11.5 Å². The lowest BCUT2D eigenvalue weighted by Crippen LogP contribution is -2.35. The van der Waals surface area contributed by atoms with E-state index in [2.05, 4.69) is 24.9 Å². The molecule has 1 aliphatic heterocycles. The molecule has 3 heterocycles. The van der Waals surface area contributed by atoms with Crippen LogP contribution >= 0.6 is 11.6 Å². The average molecular weight is 567 g/mol. The number of sulfonamides is 1. The van der Waals surface area contributed by atoms with E-state index in [1.54, 1.807) is 36.6 Å². The number of hydrogen-bond donors (Lipinski definition) is 1. The molecule has 206 valence electrons. The Kier molecular flexibility index (Phi) is 8.71. The molecule has 1 N–H and O–H groups in total. The lowest BCUT2D eigenvalue weighted by molar-refractivity contribution is 0.00154. The molecule has 12 nitrogen and oxygen atoms in total. The number of nitrogens with one attached hydrogen (secondary N) is 1. The lowest BCUT2D eigenvalue weighted by atomic mass is 10.1. The Balaban J connectivity index is 1.78. The van der Waals surface area contributed by atoms with Crippen molar-refractivity contribution in [3.8, 4) is 17.2 Å². The van der Waals surface area contributed by atoms with Crippen molar-refractivity contribution < 1.29 is 27.4 Å². The molecular formula is C24H31ClN6O6S. The van der Waals surface area contributed by atoms with Gasteiger partial charge in [0.25, 0.3) is 0 Å². The molecule has 0 saturated carbocycles. The normalized spacial score (nSPS) is 17.4. The number of ether oxygens (including phenoxy) is 4. The topological polar surface area (TPSA) is 140 Å². The van der Waals surface area contributed by atoms with E-state index in [4.69, 9.17) is 30.5 Å². The van der Waals surface area contributed by atoms with Crippen molar-refractivity contribution in [2.75, 3.05) is 32.2 Å². The molecule has 0 aliphatic carbocycles. The van der Waals surface area contributed by atoms with Crippen molar-refractivity contribution in [1.82, 2.24) is 24.7 Å². The van der Waals surface area contributed by atoms with Crippen LogP contribution in [0.4, 0.5) is 5.95 Å². The maximum Gasteiger partial charge on any atom is 0.243 e. The molecule has 1 fully saturated rings. The molecule has 2 aromatic heterocycles. The monoisotopic (exact) mass is 566 g/mol. The summed E-state index contributed by atoms with van der Waals surface area (Å²) >= 11 is 5.94. The third-order valence-electron chi connectivity index (χ3n) is 6.07. The van der Waals surface area contributed by atoms with Gasteiger partial charge in [-0.2, -0.15) is 0 Å². The number of rotatable bonds is 11. The zero-order valence-corrected chi connectivity index (χ0v) is 23.4. The third kappa shape index (κ3) is 5.85. The molecule has 0 amide bonds. The number of para-hydroxylation sites is 1. The maximum atomic E-state index is 13.7. The zero-order chi connectivity index (χ0) is 27.4. The highest BCUT2D eigenvalue weighted by molar-refractivity contribution is 7.93. The summed E-state index contributed by atoms with van der Waals surface area (Å²) in [7, 11) is -1.08. The van der Waals surface area contributed by atoms with E-state index in [-0.39, 0.29) is 23.8 Å². The Morgan fingerprint density at radius 1 is 1.11 bits per heavy atom. The van der Waals surface area contributed by atoms with E-state index in [0.29, 0.717) is 47.7 Å². The summed E-state index contributed by atoms with van der Waals surface area (Å²) in [6, 6.07) is 5.27. The second kappa shape index (κ2) is 11.8. The number of methoxy groups -OCH3 is 2. The highest BCUT2D eigenvalue weighted by Crippen LogP contribution is 2.38. The van der Waals surface area contributed by atoms with Crippen LogP contribution in [0.3, 0.4) is 0 Å². The highest BCUT2D eigenvalue weighted by Gasteiger charge is 2.37. The van der Waals surface area contributed by atoms with Gasteiger partial charge in [0.05, 0.1) is 32.0 Å². The van der Waals surface area contributed by atoms with Crippen molar-refractivity contribution in [2.24, 2.45) is 0 Å². The largest absolute Gasteiger partial charge is 0.494 e.